The van der Waals surface area contributed by atoms with E-state index in [9.17, 15) is 0 Å². The zero-order valence-electron chi connectivity index (χ0n) is 16.6. The van der Waals surface area contributed by atoms with Crippen LogP contribution in [0.4, 0.5) is 0 Å². The molecule has 146 valence electrons. The summed E-state index contributed by atoms with van der Waals surface area (Å²) < 4.78 is 5.08. The van der Waals surface area contributed by atoms with E-state index in [2.05, 4.69) is 46.7 Å². The summed E-state index contributed by atoms with van der Waals surface area (Å²) >= 11 is 0. The van der Waals surface area contributed by atoms with Gasteiger partial charge in [0.25, 0.3) is 0 Å². The molecule has 1 fully saturated rings. The van der Waals surface area contributed by atoms with Gasteiger partial charge in [-0.3, -0.25) is 4.90 Å². The summed E-state index contributed by atoms with van der Waals surface area (Å²) in [6.45, 7) is 9.06. The Balaban J connectivity index is 1.74. The minimum atomic E-state index is 0.711. The highest BCUT2D eigenvalue weighted by Gasteiger charge is 2.11. The second-order valence-corrected chi connectivity index (χ2v) is 6.98. The quantitative estimate of drug-likeness (QED) is 0.362. The lowest BCUT2D eigenvalue weighted by Gasteiger charge is -2.14. The Hall–Kier alpha value is -1.59. The van der Waals surface area contributed by atoms with E-state index >= 15 is 0 Å². The molecule has 1 heterocycles. The predicted molar refractivity (Wildman–Crippen MR) is 109 cm³/mol. The minimum Gasteiger partial charge on any atom is -0.385 e. The van der Waals surface area contributed by atoms with Crippen LogP contribution in [0.2, 0.25) is 0 Å². The first-order valence-corrected chi connectivity index (χ1v) is 10.1. The number of nitrogens with one attached hydrogen (secondary N) is 2. The molecule has 0 radical (unpaired) electrons. The highest BCUT2D eigenvalue weighted by Crippen LogP contribution is 2.13. The first-order valence-electron chi connectivity index (χ1n) is 10.1. The summed E-state index contributed by atoms with van der Waals surface area (Å²) in [6.07, 6.45) is 6.13. The van der Waals surface area contributed by atoms with Crippen molar-refractivity contribution in [3.05, 3.63) is 35.4 Å². The normalized spacial score (nSPS) is 15.4. The number of aliphatic imine (C=N–C) groups is 1. The molecular weight excluding hydrogens is 324 g/mol. The standard InChI is InChI=1S/C21H36N4O/c1-3-22-21(23-13-5-4-8-16-26-2)24-17-19-9-11-20(12-10-19)18-25-14-6-7-15-25/h9-12H,3-8,13-18H2,1-2H3,(H2,22,23,24). The largest absolute Gasteiger partial charge is 0.385 e. The van der Waals surface area contributed by atoms with Gasteiger partial charge in [-0.25, -0.2) is 4.99 Å². The molecule has 2 N–H and O–H groups in total. The molecule has 5 heteroatoms. The topological polar surface area (TPSA) is 48.9 Å². The van der Waals surface area contributed by atoms with Crippen LogP contribution in [0.1, 0.15) is 50.2 Å². The van der Waals surface area contributed by atoms with Gasteiger partial charge in [0.2, 0.25) is 0 Å². The van der Waals surface area contributed by atoms with E-state index in [0.717, 1.165) is 45.0 Å². The fourth-order valence-corrected chi connectivity index (χ4v) is 3.22. The van der Waals surface area contributed by atoms with Gasteiger partial charge in [0.05, 0.1) is 6.54 Å². The van der Waals surface area contributed by atoms with Crippen LogP contribution in [0.25, 0.3) is 0 Å². The van der Waals surface area contributed by atoms with Crippen LogP contribution >= 0.6 is 0 Å². The molecule has 1 aliphatic heterocycles. The molecule has 0 saturated carbocycles. The molecule has 1 aromatic rings. The summed E-state index contributed by atoms with van der Waals surface area (Å²) in [6, 6.07) is 8.92. The van der Waals surface area contributed by atoms with Crippen molar-refractivity contribution >= 4 is 5.96 Å². The van der Waals surface area contributed by atoms with Gasteiger partial charge in [-0.1, -0.05) is 24.3 Å². The molecule has 0 aliphatic carbocycles. The summed E-state index contributed by atoms with van der Waals surface area (Å²) in [7, 11) is 1.76. The lowest BCUT2D eigenvalue weighted by atomic mass is 10.1. The van der Waals surface area contributed by atoms with Crippen molar-refractivity contribution in [1.82, 2.24) is 15.5 Å². The molecule has 1 saturated heterocycles. The summed E-state index contributed by atoms with van der Waals surface area (Å²) in [5.74, 6) is 0.903. The Morgan fingerprint density at radius 2 is 1.77 bits per heavy atom. The lowest BCUT2D eigenvalue weighted by Crippen LogP contribution is -2.37. The zero-order valence-corrected chi connectivity index (χ0v) is 16.6. The average molecular weight is 361 g/mol. The van der Waals surface area contributed by atoms with E-state index in [1.54, 1.807) is 7.11 Å². The van der Waals surface area contributed by atoms with E-state index in [1.165, 1.54) is 43.5 Å². The molecule has 0 aromatic heterocycles. The fourth-order valence-electron chi connectivity index (χ4n) is 3.22. The Kier molecular flexibility index (Phi) is 10.1. The highest BCUT2D eigenvalue weighted by molar-refractivity contribution is 5.79. The number of benzene rings is 1. The maximum absolute atomic E-state index is 5.08. The van der Waals surface area contributed by atoms with Crippen LogP contribution in [-0.4, -0.2) is 50.8 Å². The molecule has 2 rings (SSSR count). The third-order valence-corrected chi connectivity index (χ3v) is 4.71. The van der Waals surface area contributed by atoms with Crippen LogP contribution in [0.3, 0.4) is 0 Å². The lowest BCUT2D eigenvalue weighted by molar-refractivity contribution is 0.192. The molecule has 1 aromatic carbocycles. The number of hydrogen-bond donors (Lipinski definition) is 2. The Labute approximate surface area is 159 Å². The number of hydrogen-bond acceptors (Lipinski definition) is 3. The number of likely N-dealkylation sites (tertiary alicyclic amines) is 1. The maximum Gasteiger partial charge on any atom is 0.191 e. The van der Waals surface area contributed by atoms with Crippen molar-refractivity contribution in [3.8, 4) is 0 Å². The number of ether oxygens (including phenoxy) is 1. The molecule has 26 heavy (non-hydrogen) atoms. The monoisotopic (exact) mass is 360 g/mol. The molecular formula is C21H36N4O. The van der Waals surface area contributed by atoms with Crippen LogP contribution in [0.5, 0.6) is 0 Å². The molecule has 0 spiro atoms. The Bertz CT molecular complexity index is 509. The van der Waals surface area contributed by atoms with Crippen molar-refractivity contribution in [2.24, 2.45) is 4.99 Å². The van der Waals surface area contributed by atoms with Crippen LogP contribution < -0.4 is 10.6 Å². The molecule has 0 atom stereocenters. The van der Waals surface area contributed by atoms with Crippen molar-refractivity contribution in [2.75, 3.05) is 39.9 Å². The smallest absolute Gasteiger partial charge is 0.191 e. The third-order valence-electron chi connectivity index (χ3n) is 4.71. The number of rotatable bonds is 11. The third kappa shape index (κ3) is 8.19. The van der Waals surface area contributed by atoms with Crippen molar-refractivity contribution in [2.45, 2.75) is 52.1 Å². The van der Waals surface area contributed by atoms with Gasteiger partial charge in [0.15, 0.2) is 5.96 Å². The van der Waals surface area contributed by atoms with Gasteiger partial charge in [0, 0.05) is 33.4 Å². The SMILES string of the molecule is CCNC(=NCc1ccc(CN2CCCC2)cc1)NCCCCCOC. The Morgan fingerprint density at radius 3 is 2.46 bits per heavy atom. The van der Waals surface area contributed by atoms with Crippen LogP contribution in [-0.2, 0) is 17.8 Å². The second-order valence-electron chi connectivity index (χ2n) is 6.98. The maximum atomic E-state index is 5.08. The first-order chi connectivity index (χ1) is 12.8. The number of unbranched alkanes of at least 4 members (excludes halogenated alkanes) is 2. The van der Waals surface area contributed by atoms with Gasteiger partial charge in [-0.2, -0.15) is 0 Å². The molecule has 0 bridgehead atoms. The molecule has 1 aliphatic rings. The van der Waals surface area contributed by atoms with E-state index in [1.807, 2.05) is 0 Å². The summed E-state index contributed by atoms with van der Waals surface area (Å²) in [5, 5.41) is 6.74. The number of guanidine groups is 1. The van der Waals surface area contributed by atoms with E-state index in [-0.39, 0.29) is 0 Å². The number of methoxy groups -OCH3 is 1. The first kappa shape index (κ1) is 20.7. The molecule has 0 amide bonds. The van der Waals surface area contributed by atoms with Gasteiger partial charge < -0.3 is 15.4 Å². The molecule has 5 nitrogen and oxygen atoms in total. The van der Waals surface area contributed by atoms with Gasteiger partial charge in [-0.05, 0) is 63.2 Å². The fraction of sp³-hybridized carbons (Fsp3) is 0.667. The zero-order chi connectivity index (χ0) is 18.5. The van der Waals surface area contributed by atoms with Crippen LogP contribution in [0, 0.1) is 0 Å². The van der Waals surface area contributed by atoms with Crippen LogP contribution in [0.15, 0.2) is 29.3 Å². The minimum absolute atomic E-state index is 0.711. The van der Waals surface area contributed by atoms with E-state index < -0.39 is 0 Å². The van der Waals surface area contributed by atoms with E-state index in [4.69, 9.17) is 9.73 Å². The van der Waals surface area contributed by atoms with Crippen molar-refractivity contribution in [3.63, 3.8) is 0 Å². The van der Waals surface area contributed by atoms with Gasteiger partial charge >= 0.3 is 0 Å². The summed E-state index contributed by atoms with van der Waals surface area (Å²) in [5.41, 5.74) is 2.66. The number of nitrogens with zero attached hydrogens (tertiary/aromatic N) is 2. The van der Waals surface area contributed by atoms with Crippen molar-refractivity contribution in [1.29, 1.82) is 0 Å². The van der Waals surface area contributed by atoms with Crippen molar-refractivity contribution < 1.29 is 4.74 Å². The predicted octanol–water partition coefficient (Wildman–Crippen LogP) is 3.15. The molecule has 0 unspecified atom stereocenters. The van der Waals surface area contributed by atoms with E-state index in [0.29, 0.717) is 6.54 Å². The summed E-state index contributed by atoms with van der Waals surface area (Å²) in [4.78, 5) is 7.24. The Morgan fingerprint density at radius 1 is 1.04 bits per heavy atom. The average Bonchev–Trinajstić information content (AvgIpc) is 3.16. The van der Waals surface area contributed by atoms with Gasteiger partial charge in [-0.15, -0.1) is 0 Å². The van der Waals surface area contributed by atoms with Gasteiger partial charge in [0.1, 0.15) is 0 Å². The second kappa shape index (κ2) is 12.7. The highest BCUT2D eigenvalue weighted by atomic mass is 16.5.